The third-order valence-electron chi connectivity index (χ3n) is 4.36. The van der Waals surface area contributed by atoms with Gasteiger partial charge < -0.3 is 4.42 Å². The van der Waals surface area contributed by atoms with Crippen LogP contribution in [0.5, 0.6) is 0 Å². The van der Waals surface area contributed by atoms with E-state index >= 15 is 0 Å². The number of hydrogen-bond acceptors (Lipinski definition) is 1. The molecule has 1 aromatic heterocycles. The summed E-state index contributed by atoms with van der Waals surface area (Å²) in [5.41, 5.74) is 1.88. The average Bonchev–Trinajstić information content (AvgIpc) is 2.95. The van der Waals surface area contributed by atoms with E-state index < -0.39 is 0 Å². The molecule has 5 aromatic rings. The fourth-order valence-electron chi connectivity index (χ4n) is 3.40. The second-order valence-electron chi connectivity index (χ2n) is 5.68. The summed E-state index contributed by atoms with van der Waals surface area (Å²) in [6, 6.07) is 21.1. The lowest BCUT2D eigenvalue weighted by Crippen LogP contribution is -1.81. The molecule has 0 aliphatic rings. The van der Waals surface area contributed by atoms with Crippen molar-refractivity contribution < 1.29 is 4.42 Å². The molecule has 3 heteroatoms. The molecule has 0 bridgehead atoms. The molecule has 1 nitrogen and oxygen atoms in total. The van der Waals surface area contributed by atoms with Gasteiger partial charge in [0.25, 0.3) is 0 Å². The predicted octanol–water partition coefficient (Wildman–Crippen LogP) is 7.42. The summed E-state index contributed by atoms with van der Waals surface area (Å²) in [5.74, 6) is 0. The summed E-state index contributed by atoms with van der Waals surface area (Å²) in [4.78, 5) is 0. The number of fused-ring (bicyclic) bond motifs is 8. The monoisotopic (exact) mass is 424 g/mol. The molecule has 0 saturated heterocycles. The van der Waals surface area contributed by atoms with Crippen molar-refractivity contribution in [2.75, 3.05) is 0 Å². The molecule has 0 radical (unpaired) electrons. The molecule has 0 spiro atoms. The Morgan fingerprint density at radius 2 is 1.26 bits per heavy atom. The van der Waals surface area contributed by atoms with E-state index in [1.54, 1.807) is 0 Å². The van der Waals surface area contributed by atoms with Crippen molar-refractivity contribution in [1.29, 1.82) is 0 Å². The first-order valence-electron chi connectivity index (χ1n) is 7.34. The van der Waals surface area contributed by atoms with Gasteiger partial charge in [-0.05, 0) is 46.5 Å². The first-order valence-corrected chi connectivity index (χ1v) is 8.93. The maximum Gasteiger partial charge on any atom is 0.143 e. The lowest BCUT2D eigenvalue weighted by Gasteiger charge is -2.07. The van der Waals surface area contributed by atoms with Gasteiger partial charge in [0.2, 0.25) is 0 Å². The zero-order valence-electron chi connectivity index (χ0n) is 11.9. The first kappa shape index (κ1) is 13.6. The zero-order valence-corrected chi connectivity index (χ0v) is 15.1. The van der Waals surface area contributed by atoms with Crippen LogP contribution in [0.3, 0.4) is 0 Å². The molecule has 4 aromatic carbocycles. The summed E-state index contributed by atoms with van der Waals surface area (Å²) in [6.45, 7) is 0. The van der Waals surface area contributed by atoms with Crippen LogP contribution in [0.4, 0.5) is 0 Å². The molecule has 0 N–H and O–H groups in total. The summed E-state index contributed by atoms with van der Waals surface area (Å²) in [6.07, 6.45) is 0. The highest BCUT2D eigenvalue weighted by Gasteiger charge is 2.15. The van der Waals surface area contributed by atoms with E-state index in [4.69, 9.17) is 4.42 Å². The molecule has 0 saturated carbocycles. The molecule has 0 amide bonds. The molecule has 0 unspecified atom stereocenters. The summed E-state index contributed by atoms with van der Waals surface area (Å²) in [5, 5.41) is 7.15. The van der Waals surface area contributed by atoms with Crippen LogP contribution in [-0.2, 0) is 0 Å². The van der Waals surface area contributed by atoms with Crippen LogP contribution in [0.1, 0.15) is 0 Å². The average molecular weight is 426 g/mol. The number of rotatable bonds is 0. The highest BCUT2D eigenvalue weighted by molar-refractivity contribution is 9.10. The Labute approximate surface area is 149 Å². The normalized spacial score (nSPS) is 11.9. The van der Waals surface area contributed by atoms with E-state index in [-0.39, 0.29) is 0 Å². The van der Waals surface area contributed by atoms with Crippen molar-refractivity contribution >= 4 is 75.3 Å². The molecule has 0 atom stereocenters. The van der Waals surface area contributed by atoms with Crippen LogP contribution in [0.15, 0.2) is 74.0 Å². The second-order valence-corrected chi connectivity index (χ2v) is 7.51. The number of furan rings is 1. The molecule has 110 valence electrons. The maximum absolute atomic E-state index is 6.23. The van der Waals surface area contributed by atoms with Crippen molar-refractivity contribution in [2.24, 2.45) is 0 Å². The number of benzene rings is 4. The van der Waals surface area contributed by atoms with Gasteiger partial charge in [-0.3, -0.25) is 0 Å². The third-order valence-corrected chi connectivity index (χ3v) is 5.35. The Kier molecular flexibility index (Phi) is 2.85. The van der Waals surface area contributed by atoms with Gasteiger partial charge in [0, 0.05) is 25.1 Å². The number of para-hydroxylation sites is 1. The van der Waals surface area contributed by atoms with Crippen LogP contribution >= 0.6 is 31.9 Å². The van der Waals surface area contributed by atoms with Crippen LogP contribution in [0.2, 0.25) is 0 Å². The Morgan fingerprint density at radius 3 is 2.04 bits per heavy atom. The SMILES string of the molecule is Brc1ccc2c3ccc(Br)cc3c3c4ccccc4oc3c2c1. The standard InChI is InChI=1S/C20H10Br2O/c21-11-5-7-13-14-8-6-12(22)10-17(14)20-19(16(13)9-11)15-3-1-2-4-18(15)23-20/h1-10H. The lowest BCUT2D eigenvalue weighted by atomic mass is 9.97. The quantitative estimate of drug-likeness (QED) is 0.235. The van der Waals surface area contributed by atoms with E-state index in [1.165, 1.54) is 21.5 Å². The van der Waals surface area contributed by atoms with E-state index in [2.05, 4.69) is 80.4 Å². The highest BCUT2D eigenvalue weighted by atomic mass is 79.9. The van der Waals surface area contributed by atoms with E-state index in [1.807, 2.05) is 12.1 Å². The van der Waals surface area contributed by atoms with E-state index in [9.17, 15) is 0 Å². The minimum Gasteiger partial charge on any atom is -0.455 e. The largest absolute Gasteiger partial charge is 0.455 e. The molecule has 23 heavy (non-hydrogen) atoms. The molecular weight excluding hydrogens is 416 g/mol. The Bertz CT molecular complexity index is 1230. The van der Waals surface area contributed by atoms with Gasteiger partial charge in [-0.1, -0.05) is 62.2 Å². The molecule has 5 rings (SSSR count). The predicted molar refractivity (Wildman–Crippen MR) is 104 cm³/mol. The molecule has 1 heterocycles. The molecular formula is C20H10Br2O. The molecule has 0 aliphatic heterocycles. The van der Waals surface area contributed by atoms with Crippen molar-refractivity contribution in [1.82, 2.24) is 0 Å². The fourth-order valence-corrected chi connectivity index (χ4v) is 4.12. The van der Waals surface area contributed by atoms with Gasteiger partial charge >= 0.3 is 0 Å². The lowest BCUT2D eigenvalue weighted by molar-refractivity contribution is 0.673. The Hall–Kier alpha value is -1.84. The van der Waals surface area contributed by atoms with E-state index in [0.29, 0.717) is 0 Å². The molecule has 0 aliphatic carbocycles. The fraction of sp³-hybridized carbons (Fsp3) is 0. The number of hydrogen-bond donors (Lipinski definition) is 0. The number of halogens is 2. The van der Waals surface area contributed by atoms with Crippen molar-refractivity contribution in [3.05, 3.63) is 69.6 Å². The minimum absolute atomic E-state index is 0.927. The summed E-state index contributed by atoms with van der Waals surface area (Å²) >= 11 is 7.20. The Morgan fingerprint density at radius 1 is 0.609 bits per heavy atom. The maximum atomic E-state index is 6.23. The van der Waals surface area contributed by atoms with Gasteiger partial charge in [-0.25, -0.2) is 0 Å². The van der Waals surface area contributed by atoms with Gasteiger partial charge in [-0.15, -0.1) is 0 Å². The van der Waals surface area contributed by atoms with E-state index in [0.717, 1.165) is 30.9 Å². The summed E-state index contributed by atoms with van der Waals surface area (Å²) < 4.78 is 8.37. The van der Waals surface area contributed by atoms with Crippen LogP contribution < -0.4 is 0 Å². The van der Waals surface area contributed by atoms with Gasteiger partial charge in [0.1, 0.15) is 11.2 Å². The zero-order chi connectivity index (χ0) is 15.6. The molecule has 0 fully saturated rings. The minimum atomic E-state index is 0.927. The Balaban J connectivity index is 2.21. The topological polar surface area (TPSA) is 13.1 Å². The third kappa shape index (κ3) is 1.90. The highest BCUT2D eigenvalue weighted by Crippen LogP contribution is 2.42. The first-order chi connectivity index (χ1) is 11.2. The van der Waals surface area contributed by atoms with Gasteiger partial charge in [-0.2, -0.15) is 0 Å². The summed E-state index contributed by atoms with van der Waals surface area (Å²) in [7, 11) is 0. The van der Waals surface area contributed by atoms with Crippen LogP contribution in [-0.4, -0.2) is 0 Å². The van der Waals surface area contributed by atoms with Gasteiger partial charge in [0.15, 0.2) is 0 Å². The smallest absolute Gasteiger partial charge is 0.143 e. The van der Waals surface area contributed by atoms with Crippen LogP contribution in [0.25, 0.3) is 43.5 Å². The van der Waals surface area contributed by atoms with Crippen molar-refractivity contribution in [3.8, 4) is 0 Å². The van der Waals surface area contributed by atoms with Crippen molar-refractivity contribution in [2.45, 2.75) is 0 Å². The van der Waals surface area contributed by atoms with Gasteiger partial charge in [0.05, 0.1) is 0 Å². The van der Waals surface area contributed by atoms with Crippen LogP contribution in [0, 0.1) is 0 Å². The second kappa shape index (κ2) is 4.83. The van der Waals surface area contributed by atoms with Crippen molar-refractivity contribution in [3.63, 3.8) is 0 Å².